The van der Waals surface area contributed by atoms with Gasteiger partial charge >= 0.3 is 0 Å². The Morgan fingerprint density at radius 3 is 2.83 bits per heavy atom. The van der Waals surface area contributed by atoms with E-state index in [0.29, 0.717) is 17.7 Å². The normalized spacial score (nSPS) is 19.8. The first-order chi connectivity index (χ1) is 11.1. The molecule has 1 unspecified atom stereocenters. The van der Waals surface area contributed by atoms with E-state index in [1.807, 2.05) is 0 Å². The molecule has 2 aliphatic rings. The van der Waals surface area contributed by atoms with Gasteiger partial charge in [-0.25, -0.2) is 0 Å². The quantitative estimate of drug-likeness (QED) is 0.658. The Kier molecular flexibility index (Phi) is 4.25. The van der Waals surface area contributed by atoms with Crippen molar-refractivity contribution in [1.82, 2.24) is 10.2 Å². The van der Waals surface area contributed by atoms with Crippen molar-refractivity contribution in [3.8, 4) is 0 Å². The van der Waals surface area contributed by atoms with E-state index in [4.69, 9.17) is 4.74 Å². The van der Waals surface area contributed by atoms with E-state index < -0.39 is 5.91 Å². The monoisotopic (exact) mass is 314 g/mol. The van der Waals surface area contributed by atoms with Crippen LogP contribution in [0.25, 0.3) is 0 Å². The number of imide groups is 1. The van der Waals surface area contributed by atoms with E-state index in [1.165, 1.54) is 18.2 Å². The van der Waals surface area contributed by atoms with E-state index >= 15 is 0 Å². The number of benzene rings is 1. The zero-order chi connectivity index (χ0) is 16.4. The Bertz CT molecular complexity index is 677. The number of nitrogens with one attached hydrogen (secondary N) is 1. The summed E-state index contributed by atoms with van der Waals surface area (Å²) in [4.78, 5) is 37.7. The summed E-state index contributed by atoms with van der Waals surface area (Å²) < 4.78 is 5.46. The molecule has 6 heteroatoms. The minimum atomic E-state index is -0.390. The standard InChI is InChI=1S/C17H18N2O4/c1-2-7-19-16(21)13-6-5-11(9-14(13)17(19)22)15(20)18-10-12-4-3-8-23-12/h2,5-6,9,12H,1,3-4,7-8,10H2,(H,18,20). The Hall–Kier alpha value is -2.47. The summed E-state index contributed by atoms with van der Waals surface area (Å²) in [5.74, 6) is -1.01. The van der Waals surface area contributed by atoms with Gasteiger partial charge in [0, 0.05) is 25.3 Å². The summed E-state index contributed by atoms with van der Waals surface area (Å²) in [6.45, 7) is 4.88. The number of carbonyl (C=O) groups is 3. The number of hydrogen-bond donors (Lipinski definition) is 1. The van der Waals surface area contributed by atoms with Gasteiger partial charge in [-0.2, -0.15) is 0 Å². The first kappa shape index (κ1) is 15.4. The van der Waals surface area contributed by atoms with E-state index in [1.54, 1.807) is 6.07 Å². The molecule has 2 aliphatic heterocycles. The molecule has 1 saturated heterocycles. The third-order valence-electron chi connectivity index (χ3n) is 4.06. The summed E-state index contributed by atoms with van der Waals surface area (Å²) in [6, 6.07) is 4.56. The topological polar surface area (TPSA) is 75.7 Å². The predicted molar refractivity (Wildman–Crippen MR) is 83.3 cm³/mol. The average Bonchev–Trinajstić information content (AvgIpc) is 3.16. The fourth-order valence-electron chi connectivity index (χ4n) is 2.84. The van der Waals surface area contributed by atoms with Gasteiger partial charge in [0.1, 0.15) is 0 Å². The number of carbonyl (C=O) groups excluding carboxylic acids is 3. The largest absolute Gasteiger partial charge is 0.376 e. The molecule has 3 amide bonds. The third kappa shape index (κ3) is 2.90. The highest BCUT2D eigenvalue weighted by molar-refractivity contribution is 6.22. The number of amides is 3. The van der Waals surface area contributed by atoms with Crippen molar-refractivity contribution < 1.29 is 19.1 Å². The van der Waals surface area contributed by atoms with Gasteiger partial charge in [-0.15, -0.1) is 6.58 Å². The maximum Gasteiger partial charge on any atom is 0.261 e. The van der Waals surface area contributed by atoms with Crippen LogP contribution >= 0.6 is 0 Å². The summed E-state index contributed by atoms with van der Waals surface area (Å²) in [6.07, 6.45) is 3.50. The highest BCUT2D eigenvalue weighted by Crippen LogP contribution is 2.24. The maximum absolute atomic E-state index is 12.2. The highest BCUT2D eigenvalue weighted by Gasteiger charge is 2.35. The molecule has 1 N–H and O–H groups in total. The molecule has 3 rings (SSSR count). The van der Waals surface area contributed by atoms with Crippen LogP contribution in [-0.4, -0.2) is 48.4 Å². The van der Waals surface area contributed by atoms with Crippen LogP contribution in [-0.2, 0) is 4.74 Å². The SMILES string of the molecule is C=CCN1C(=O)c2ccc(C(=O)NCC3CCCO3)cc2C1=O. The molecule has 120 valence electrons. The zero-order valence-corrected chi connectivity index (χ0v) is 12.7. The van der Waals surface area contributed by atoms with Crippen LogP contribution in [0.4, 0.5) is 0 Å². The molecule has 6 nitrogen and oxygen atoms in total. The maximum atomic E-state index is 12.2. The molecule has 1 aromatic rings. The van der Waals surface area contributed by atoms with Crippen LogP contribution in [0.15, 0.2) is 30.9 Å². The number of ether oxygens (including phenoxy) is 1. The lowest BCUT2D eigenvalue weighted by atomic mass is 10.1. The molecule has 0 aliphatic carbocycles. The van der Waals surface area contributed by atoms with Gasteiger partial charge in [0.25, 0.3) is 17.7 Å². The second-order valence-electron chi connectivity index (χ2n) is 5.62. The smallest absolute Gasteiger partial charge is 0.261 e. The third-order valence-corrected chi connectivity index (χ3v) is 4.06. The van der Waals surface area contributed by atoms with Crippen LogP contribution in [0.2, 0.25) is 0 Å². The van der Waals surface area contributed by atoms with E-state index in [9.17, 15) is 14.4 Å². The molecule has 1 fully saturated rings. The Morgan fingerprint density at radius 2 is 2.13 bits per heavy atom. The van der Waals surface area contributed by atoms with E-state index in [2.05, 4.69) is 11.9 Å². The fourth-order valence-corrected chi connectivity index (χ4v) is 2.84. The highest BCUT2D eigenvalue weighted by atomic mass is 16.5. The first-order valence-corrected chi connectivity index (χ1v) is 7.62. The van der Waals surface area contributed by atoms with Crippen LogP contribution in [0.1, 0.15) is 43.9 Å². The molecule has 0 aromatic heterocycles. The minimum absolute atomic E-state index is 0.0552. The lowest BCUT2D eigenvalue weighted by Crippen LogP contribution is -2.31. The average molecular weight is 314 g/mol. The van der Waals surface area contributed by atoms with Crippen molar-refractivity contribution in [2.45, 2.75) is 18.9 Å². The summed E-state index contributed by atoms with van der Waals surface area (Å²) >= 11 is 0. The number of nitrogens with zero attached hydrogens (tertiary/aromatic N) is 1. The second-order valence-corrected chi connectivity index (χ2v) is 5.62. The van der Waals surface area contributed by atoms with Crippen LogP contribution < -0.4 is 5.32 Å². The summed E-state index contributed by atoms with van der Waals surface area (Å²) in [5, 5.41) is 2.80. The summed E-state index contributed by atoms with van der Waals surface area (Å²) in [7, 11) is 0. The minimum Gasteiger partial charge on any atom is -0.376 e. The first-order valence-electron chi connectivity index (χ1n) is 7.62. The van der Waals surface area contributed by atoms with Crippen LogP contribution in [0.5, 0.6) is 0 Å². The van der Waals surface area contributed by atoms with Crippen LogP contribution in [0.3, 0.4) is 0 Å². The molecular formula is C17H18N2O4. The molecule has 0 spiro atoms. The lowest BCUT2D eigenvalue weighted by Gasteiger charge is -2.11. The van der Waals surface area contributed by atoms with Gasteiger partial charge in [-0.1, -0.05) is 6.08 Å². The van der Waals surface area contributed by atoms with Gasteiger partial charge in [-0.05, 0) is 31.0 Å². The van der Waals surface area contributed by atoms with Gasteiger partial charge < -0.3 is 10.1 Å². The van der Waals surface area contributed by atoms with E-state index in [-0.39, 0.29) is 30.0 Å². The van der Waals surface area contributed by atoms with Crippen molar-refractivity contribution >= 4 is 17.7 Å². The van der Waals surface area contributed by atoms with Gasteiger partial charge in [0.15, 0.2) is 0 Å². The molecule has 2 heterocycles. The fraction of sp³-hybridized carbons (Fsp3) is 0.353. The molecule has 0 bridgehead atoms. The van der Waals surface area contributed by atoms with Gasteiger partial charge in [0.05, 0.1) is 17.2 Å². The van der Waals surface area contributed by atoms with Crippen molar-refractivity contribution in [2.24, 2.45) is 0 Å². The number of hydrogen-bond acceptors (Lipinski definition) is 4. The Morgan fingerprint density at radius 1 is 1.35 bits per heavy atom. The molecule has 23 heavy (non-hydrogen) atoms. The van der Waals surface area contributed by atoms with Crippen molar-refractivity contribution in [1.29, 1.82) is 0 Å². The van der Waals surface area contributed by atoms with Crippen molar-refractivity contribution in [3.63, 3.8) is 0 Å². The predicted octanol–water partition coefficient (Wildman–Crippen LogP) is 1.38. The lowest BCUT2D eigenvalue weighted by molar-refractivity contribution is 0.0672. The van der Waals surface area contributed by atoms with Gasteiger partial charge in [-0.3, -0.25) is 19.3 Å². The Balaban J connectivity index is 1.74. The van der Waals surface area contributed by atoms with Crippen molar-refractivity contribution in [2.75, 3.05) is 19.7 Å². The molecule has 0 radical (unpaired) electrons. The molecule has 1 atom stereocenters. The molecule has 1 aromatic carbocycles. The summed E-state index contributed by atoms with van der Waals surface area (Å²) in [5.41, 5.74) is 0.956. The number of rotatable bonds is 5. The number of fused-ring (bicyclic) bond motifs is 1. The van der Waals surface area contributed by atoms with Crippen LogP contribution in [0, 0.1) is 0 Å². The second kappa shape index (κ2) is 6.34. The van der Waals surface area contributed by atoms with Crippen molar-refractivity contribution in [3.05, 3.63) is 47.5 Å². The molecular weight excluding hydrogens is 296 g/mol. The Labute approximate surface area is 134 Å². The molecule has 0 saturated carbocycles. The zero-order valence-electron chi connectivity index (χ0n) is 12.7. The van der Waals surface area contributed by atoms with E-state index in [0.717, 1.165) is 24.3 Å². The van der Waals surface area contributed by atoms with Gasteiger partial charge in [0.2, 0.25) is 0 Å².